The van der Waals surface area contributed by atoms with Crippen LogP contribution in [0.4, 0.5) is 8.78 Å². The minimum atomic E-state index is -2.87. The summed E-state index contributed by atoms with van der Waals surface area (Å²) in [5, 5.41) is 16.7. The topological polar surface area (TPSA) is 65.9 Å². The summed E-state index contributed by atoms with van der Waals surface area (Å²) in [6, 6.07) is 14.3. The monoisotopic (exact) mass is 519 g/mol. The number of halogens is 3. The zero-order valence-electron chi connectivity index (χ0n) is 16.6. The Morgan fingerprint density at radius 3 is 2.48 bits per heavy atom. The second-order valence-electron chi connectivity index (χ2n) is 6.35. The van der Waals surface area contributed by atoms with Crippen LogP contribution in [0.3, 0.4) is 0 Å². The fourth-order valence-corrected chi connectivity index (χ4v) is 2.69. The maximum absolute atomic E-state index is 12.2. The third kappa shape index (κ3) is 9.40. The summed E-state index contributed by atoms with van der Waals surface area (Å²) >= 11 is 0. The van der Waals surface area contributed by atoms with E-state index in [0.717, 1.165) is 6.42 Å². The smallest absolute Gasteiger partial charge is 0.387 e. The Morgan fingerprint density at radius 2 is 1.86 bits per heavy atom. The fraction of sp³-hybridized carbons (Fsp3) is 0.381. The Kier molecular flexibility index (Phi) is 11.5. The third-order valence-corrected chi connectivity index (χ3v) is 4.05. The Morgan fingerprint density at radius 1 is 1.14 bits per heavy atom. The van der Waals surface area contributed by atoms with Crippen molar-refractivity contribution in [1.29, 1.82) is 0 Å². The number of hydrogen-bond donors (Lipinski definition) is 3. The van der Waals surface area contributed by atoms with Gasteiger partial charge in [-0.15, -0.1) is 24.0 Å². The number of aryl methyl sites for hydroxylation is 1. The third-order valence-electron chi connectivity index (χ3n) is 4.05. The molecule has 3 N–H and O–H groups in total. The predicted molar refractivity (Wildman–Crippen MR) is 122 cm³/mol. The van der Waals surface area contributed by atoms with Gasteiger partial charge < -0.3 is 20.5 Å². The quantitative estimate of drug-likeness (QED) is 0.266. The first-order chi connectivity index (χ1) is 13.5. The van der Waals surface area contributed by atoms with Gasteiger partial charge in [-0.2, -0.15) is 8.78 Å². The predicted octanol–water partition coefficient (Wildman–Crippen LogP) is 4.05. The molecule has 0 aliphatic rings. The number of aliphatic imine (C=N–C) groups is 1. The van der Waals surface area contributed by atoms with Crippen LogP contribution in [0.25, 0.3) is 0 Å². The van der Waals surface area contributed by atoms with E-state index in [-0.39, 0.29) is 36.3 Å². The lowest BCUT2D eigenvalue weighted by molar-refractivity contribution is -0.0498. The van der Waals surface area contributed by atoms with Gasteiger partial charge in [0, 0.05) is 13.1 Å². The summed E-state index contributed by atoms with van der Waals surface area (Å²) in [6.07, 6.45) is 0.0214. The van der Waals surface area contributed by atoms with Crippen LogP contribution >= 0.6 is 24.0 Å². The maximum Gasteiger partial charge on any atom is 0.387 e. The van der Waals surface area contributed by atoms with Crippen LogP contribution in [-0.2, 0) is 6.42 Å². The zero-order valence-corrected chi connectivity index (χ0v) is 18.9. The van der Waals surface area contributed by atoms with Crippen molar-refractivity contribution in [3.05, 3.63) is 65.2 Å². The van der Waals surface area contributed by atoms with Crippen LogP contribution in [0.2, 0.25) is 0 Å². The number of aliphatic hydroxyl groups excluding tert-OH is 1. The molecule has 0 heterocycles. The van der Waals surface area contributed by atoms with Crippen molar-refractivity contribution >= 4 is 29.9 Å². The Balaban J connectivity index is 0.00000420. The number of aliphatic hydroxyl groups is 1. The van der Waals surface area contributed by atoms with Crippen molar-refractivity contribution in [3.63, 3.8) is 0 Å². The van der Waals surface area contributed by atoms with Gasteiger partial charge in [0.15, 0.2) is 5.96 Å². The minimum Gasteiger partial charge on any atom is -0.435 e. The Hall–Kier alpha value is -1.94. The van der Waals surface area contributed by atoms with E-state index < -0.39 is 12.7 Å². The molecule has 0 fully saturated rings. The Labute approximate surface area is 187 Å². The highest BCUT2D eigenvalue weighted by molar-refractivity contribution is 14.0. The second-order valence-corrected chi connectivity index (χ2v) is 6.35. The number of alkyl halides is 2. The van der Waals surface area contributed by atoms with E-state index in [9.17, 15) is 13.9 Å². The lowest BCUT2D eigenvalue weighted by Crippen LogP contribution is -2.38. The van der Waals surface area contributed by atoms with E-state index in [1.165, 1.54) is 23.3 Å². The van der Waals surface area contributed by atoms with Gasteiger partial charge in [-0.05, 0) is 43.5 Å². The molecule has 1 unspecified atom stereocenters. The van der Waals surface area contributed by atoms with Gasteiger partial charge in [-0.1, -0.05) is 42.0 Å². The van der Waals surface area contributed by atoms with Gasteiger partial charge in [-0.3, -0.25) is 4.99 Å². The summed E-state index contributed by atoms with van der Waals surface area (Å²) in [5.74, 6) is 0.674. The number of rotatable bonds is 9. The highest BCUT2D eigenvalue weighted by Crippen LogP contribution is 2.19. The van der Waals surface area contributed by atoms with E-state index in [1.54, 1.807) is 12.1 Å². The molecule has 0 aliphatic heterocycles. The average molecular weight is 519 g/mol. The first kappa shape index (κ1) is 25.1. The van der Waals surface area contributed by atoms with E-state index in [0.29, 0.717) is 24.6 Å². The summed E-state index contributed by atoms with van der Waals surface area (Å²) in [6.45, 7) is 2.73. The molecule has 5 nitrogen and oxygen atoms in total. The van der Waals surface area contributed by atoms with Crippen LogP contribution in [0.1, 0.15) is 29.7 Å². The van der Waals surface area contributed by atoms with Gasteiger partial charge in [0.2, 0.25) is 0 Å². The number of hydrogen-bond acceptors (Lipinski definition) is 3. The van der Waals surface area contributed by atoms with Crippen molar-refractivity contribution in [2.45, 2.75) is 33.0 Å². The SMILES string of the molecule is CCNC(=NCC(O)c1ccc(OC(F)F)cc1)NCCc1cccc(C)c1.I. The van der Waals surface area contributed by atoms with Gasteiger partial charge >= 0.3 is 6.61 Å². The molecule has 160 valence electrons. The molecule has 0 amide bonds. The van der Waals surface area contributed by atoms with E-state index in [4.69, 9.17) is 0 Å². The molecule has 0 spiro atoms. The molecule has 8 heteroatoms. The molecule has 0 radical (unpaired) electrons. The largest absolute Gasteiger partial charge is 0.435 e. The molecule has 0 aliphatic carbocycles. The van der Waals surface area contributed by atoms with Crippen LogP contribution in [0, 0.1) is 6.92 Å². The molecule has 0 saturated carbocycles. The van der Waals surface area contributed by atoms with Gasteiger partial charge in [0.25, 0.3) is 0 Å². The molecular weight excluding hydrogens is 491 g/mol. The maximum atomic E-state index is 12.2. The molecule has 0 bridgehead atoms. The van der Waals surface area contributed by atoms with E-state index in [2.05, 4.69) is 45.5 Å². The van der Waals surface area contributed by atoms with Gasteiger partial charge in [0.1, 0.15) is 5.75 Å². The summed E-state index contributed by atoms with van der Waals surface area (Å²) in [4.78, 5) is 4.40. The fourth-order valence-electron chi connectivity index (χ4n) is 2.69. The summed E-state index contributed by atoms with van der Waals surface area (Å²) in [7, 11) is 0. The van der Waals surface area contributed by atoms with Crippen LogP contribution in [0.15, 0.2) is 53.5 Å². The minimum absolute atomic E-state index is 0. The van der Waals surface area contributed by atoms with Crippen molar-refractivity contribution in [1.82, 2.24) is 10.6 Å². The van der Waals surface area contributed by atoms with E-state index in [1.807, 2.05) is 13.0 Å². The lowest BCUT2D eigenvalue weighted by Gasteiger charge is -2.14. The van der Waals surface area contributed by atoms with Crippen molar-refractivity contribution in [2.75, 3.05) is 19.6 Å². The van der Waals surface area contributed by atoms with Crippen molar-refractivity contribution in [3.8, 4) is 5.75 Å². The van der Waals surface area contributed by atoms with Crippen LogP contribution in [0.5, 0.6) is 5.75 Å². The number of nitrogens with one attached hydrogen (secondary N) is 2. The molecule has 0 saturated heterocycles. The van der Waals surface area contributed by atoms with Gasteiger partial charge in [-0.25, -0.2) is 0 Å². The molecule has 2 rings (SSSR count). The van der Waals surface area contributed by atoms with Crippen molar-refractivity contribution < 1.29 is 18.6 Å². The first-order valence-electron chi connectivity index (χ1n) is 9.28. The lowest BCUT2D eigenvalue weighted by atomic mass is 10.1. The number of benzene rings is 2. The van der Waals surface area contributed by atoms with Crippen LogP contribution < -0.4 is 15.4 Å². The van der Waals surface area contributed by atoms with Crippen LogP contribution in [-0.4, -0.2) is 37.3 Å². The number of nitrogens with zero attached hydrogens (tertiary/aromatic N) is 1. The second kappa shape index (κ2) is 13.3. The normalized spacial score (nSPS) is 12.3. The number of ether oxygens (including phenoxy) is 1. The first-order valence-corrected chi connectivity index (χ1v) is 9.28. The average Bonchev–Trinajstić information content (AvgIpc) is 2.66. The molecular formula is C21H28F2IN3O2. The zero-order chi connectivity index (χ0) is 20.4. The highest BCUT2D eigenvalue weighted by atomic mass is 127. The summed E-state index contributed by atoms with van der Waals surface area (Å²) in [5.41, 5.74) is 3.06. The highest BCUT2D eigenvalue weighted by Gasteiger charge is 2.09. The molecule has 0 aromatic heterocycles. The standard InChI is InChI=1S/C21H27F2N3O2.HI/c1-3-24-21(25-12-11-16-6-4-5-15(2)13-16)26-14-19(27)17-7-9-18(10-8-17)28-20(22)23;/h4-10,13,19-20,27H,3,11-12,14H2,1-2H3,(H2,24,25,26);1H. The molecule has 2 aromatic rings. The molecule has 1 atom stereocenters. The summed E-state index contributed by atoms with van der Waals surface area (Å²) < 4.78 is 28.7. The van der Waals surface area contributed by atoms with E-state index >= 15 is 0 Å². The Bertz CT molecular complexity index is 758. The molecule has 29 heavy (non-hydrogen) atoms. The van der Waals surface area contributed by atoms with Crippen molar-refractivity contribution in [2.24, 2.45) is 4.99 Å². The molecule has 2 aromatic carbocycles. The van der Waals surface area contributed by atoms with Gasteiger partial charge in [0.05, 0.1) is 12.6 Å². The number of guanidine groups is 1.